The number of ether oxygens (including phenoxy) is 2. The molecule has 4 nitrogen and oxygen atoms in total. The van der Waals surface area contributed by atoms with Crippen LogP contribution in [-0.2, 0) is 0 Å². The molecule has 2 aliphatic rings. The van der Waals surface area contributed by atoms with E-state index in [-0.39, 0.29) is 0 Å². The molecule has 98 valence electrons. The van der Waals surface area contributed by atoms with Crippen LogP contribution in [0, 0.1) is 0 Å². The molecule has 0 aliphatic carbocycles. The number of rotatable bonds is 2. The fourth-order valence-electron chi connectivity index (χ4n) is 2.48. The van der Waals surface area contributed by atoms with Crippen LogP contribution in [0.2, 0.25) is 0 Å². The Hall–Kier alpha value is -0.940. The summed E-state index contributed by atoms with van der Waals surface area (Å²) in [5.74, 6) is 1.39. The summed E-state index contributed by atoms with van der Waals surface area (Å²) in [6.45, 7) is 5.49. The minimum atomic E-state index is 0.304. The van der Waals surface area contributed by atoms with Crippen LogP contribution in [0.4, 0.5) is 0 Å². The van der Waals surface area contributed by atoms with E-state index in [1.165, 1.54) is 0 Å². The highest BCUT2D eigenvalue weighted by Gasteiger charge is 2.26. The van der Waals surface area contributed by atoms with Crippen LogP contribution in [0.5, 0.6) is 11.6 Å². The number of fused-ring (bicyclic) bond motifs is 1. The molecule has 0 saturated carbocycles. The molecule has 0 radical (unpaired) electrons. The predicted octanol–water partition coefficient (Wildman–Crippen LogP) is 1.92. The Kier molecular flexibility index (Phi) is 3.35. The van der Waals surface area contributed by atoms with Crippen molar-refractivity contribution in [1.29, 1.82) is 0 Å². The third kappa shape index (κ3) is 2.29. The van der Waals surface area contributed by atoms with Gasteiger partial charge < -0.3 is 9.47 Å². The normalized spacial score (nSPS) is 25.1. The van der Waals surface area contributed by atoms with E-state index >= 15 is 0 Å². The maximum atomic E-state index is 5.53. The van der Waals surface area contributed by atoms with Gasteiger partial charge in [-0.15, -0.1) is 0 Å². The molecule has 3 heterocycles. The number of hydrogen-bond acceptors (Lipinski definition) is 5. The number of pyridine rings is 1. The second kappa shape index (κ2) is 4.97. The molecule has 0 N–H and O–H groups in total. The fourth-order valence-corrected chi connectivity index (χ4v) is 2.81. The second-order valence-electron chi connectivity index (χ2n) is 4.85. The van der Waals surface area contributed by atoms with Gasteiger partial charge in [0.2, 0.25) is 0 Å². The molecular formula is C13H18N2O2S. The Morgan fingerprint density at radius 3 is 3.00 bits per heavy atom. The van der Waals surface area contributed by atoms with Crippen LogP contribution >= 0.6 is 12.6 Å². The van der Waals surface area contributed by atoms with E-state index in [2.05, 4.69) is 29.4 Å². The monoisotopic (exact) mass is 266 g/mol. The van der Waals surface area contributed by atoms with Gasteiger partial charge in [-0.05, 0) is 32.0 Å². The molecule has 18 heavy (non-hydrogen) atoms. The van der Waals surface area contributed by atoms with E-state index in [0.717, 1.165) is 31.0 Å². The van der Waals surface area contributed by atoms with Crippen molar-refractivity contribution in [3.8, 4) is 11.6 Å². The highest BCUT2D eigenvalue weighted by Crippen LogP contribution is 2.32. The minimum Gasteiger partial charge on any atom is -0.484 e. The van der Waals surface area contributed by atoms with Crippen molar-refractivity contribution in [3.05, 3.63) is 17.8 Å². The van der Waals surface area contributed by atoms with Gasteiger partial charge in [0.15, 0.2) is 5.75 Å². The van der Waals surface area contributed by atoms with E-state index in [0.29, 0.717) is 30.4 Å². The summed E-state index contributed by atoms with van der Waals surface area (Å²) < 4.78 is 11.0. The topological polar surface area (TPSA) is 34.6 Å². The van der Waals surface area contributed by atoms with Gasteiger partial charge in [-0.25, -0.2) is 4.98 Å². The van der Waals surface area contributed by atoms with Gasteiger partial charge in [0.1, 0.15) is 13.2 Å². The summed E-state index contributed by atoms with van der Waals surface area (Å²) >= 11 is 4.53. The van der Waals surface area contributed by atoms with E-state index in [1.807, 2.05) is 12.1 Å². The highest BCUT2D eigenvalue weighted by atomic mass is 32.1. The number of aromatic nitrogens is 1. The summed E-state index contributed by atoms with van der Waals surface area (Å²) in [5, 5.41) is 0.490. The molecule has 2 atom stereocenters. The van der Waals surface area contributed by atoms with Crippen LogP contribution < -0.4 is 9.47 Å². The summed E-state index contributed by atoms with van der Waals surface area (Å²) in [4.78, 5) is 6.98. The standard InChI is InChI=1S/C13H18N2O2S/c1-9(15-5-4-10(18)8-15)11-2-3-12-13(14-11)17-7-6-16-12/h2-3,9-10,18H,4-8H2,1H3. The smallest absolute Gasteiger partial charge is 0.257 e. The summed E-state index contributed by atoms with van der Waals surface area (Å²) in [6.07, 6.45) is 1.15. The van der Waals surface area contributed by atoms with Gasteiger partial charge in [0.25, 0.3) is 5.88 Å². The molecule has 0 spiro atoms. The molecule has 1 fully saturated rings. The van der Waals surface area contributed by atoms with Gasteiger partial charge in [0.05, 0.1) is 5.69 Å². The molecule has 0 bridgehead atoms. The van der Waals surface area contributed by atoms with E-state index in [9.17, 15) is 0 Å². The third-order valence-corrected chi connectivity index (χ3v) is 4.02. The van der Waals surface area contributed by atoms with Crippen LogP contribution in [-0.4, -0.2) is 41.4 Å². The Bertz CT molecular complexity index is 441. The lowest BCUT2D eigenvalue weighted by Gasteiger charge is -2.25. The minimum absolute atomic E-state index is 0.304. The number of thiol groups is 1. The van der Waals surface area contributed by atoms with Crippen LogP contribution in [0.1, 0.15) is 25.1 Å². The van der Waals surface area contributed by atoms with Gasteiger partial charge in [-0.3, -0.25) is 4.90 Å². The van der Waals surface area contributed by atoms with Crippen molar-refractivity contribution >= 4 is 12.6 Å². The number of likely N-dealkylation sites (tertiary alicyclic amines) is 1. The van der Waals surface area contributed by atoms with Gasteiger partial charge >= 0.3 is 0 Å². The summed E-state index contributed by atoms with van der Waals surface area (Å²) in [7, 11) is 0. The molecule has 3 rings (SSSR count). The Labute approximate surface area is 113 Å². The van der Waals surface area contributed by atoms with E-state index in [1.54, 1.807) is 0 Å². The molecule has 5 heteroatoms. The Morgan fingerprint density at radius 2 is 2.22 bits per heavy atom. The SMILES string of the molecule is CC(c1ccc2c(n1)OCCO2)N1CCC(S)C1. The lowest BCUT2D eigenvalue weighted by Crippen LogP contribution is -2.26. The quantitative estimate of drug-likeness (QED) is 0.829. The van der Waals surface area contributed by atoms with Crippen molar-refractivity contribution in [1.82, 2.24) is 9.88 Å². The number of nitrogens with zero attached hydrogens (tertiary/aromatic N) is 2. The Morgan fingerprint density at radius 1 is 1.39 bits per heavy atom. The predicted molar refractivity (Wildman–Crippen MR) is 72.6 cm³/mol. The van der Waals surface area contributed by atoms with Crippen molar-refractivity contribution in [2.75, 3.05) is 26.3 Å². The zero-order valence-electron chi connectivity index (χ0n) is 10.5. The number of hydrogen-bond donors (Lipinski definition) is 1. The van der Waals surface area contributed by atoms with Gasteiger partial charge in [0, 0.05) is 17.8 Å². The van der Waals surface area contributed by atoms with Crippen LogP contribution in [0.25, 0.3) is 0 Å². The van der Waals surface area contributed by atoms with Crippen molar-refractivity contribution in [3.63, 3.8) is 0 Å². The van der Waals surface area contributed by atoms with Crippen LogP contribution in [0.3, 0.4) is 0 Å². The van der Waals surface area contributed by atoms with E-state index < -0.39 is 0 Å². The summed E-state index contributed by atoms with van der Waals surface area (Å²) in [6, 6.07) is 4.30. The first-order valence-corrected chi connectivity index (χ1v) is 6.94. The third-order valence-electron chi connectivity index (χ3n) is 3.60. The first kappa shape index (κ1) is 12.1. The maximum Gasteiger partial charge on any atom is 0.257 e. The molecule has 0 amide bonds. The molecule has 0 aromatic carbocycles. The largest absolute Gasteiger partial charge is 0.484 e. The van der Waals surface area contributed by atoms with Gasteiger partial charge in [-0.1, -0.05) is 0 Å². The molecule has 1 aromatic heterocycles. The molecule has 1 saturated heterocycles. The zero-order valence-corrected chi connectivity index (χ0v) is 11.4. The lowest BCUT2D eigenvalue weighted by atomic mass is 10.2. The summed E-state index contributed by atoms with van der Waals surface area (Å²) in [5.41, 5.74) is 1.04. The maximum absolute atomic E-state index is 5.53. The first-order valence-electron chi connectivity index (χ1n) is 6.42. The average molecular weight is 266 g/mol. The average Bonchev–Trinajstić information content (AvgIpc) is 2.84. The second-order valence-corrected chi connectivity index (χ2v) is 5.58. The molecule has 1 aromatic rings. The molecule has 2 aliphatic heterocycles. The fraction of sp³-hybridized carbons (Fsp3) is 0.615. The molecule has 2 unspecified atom stereocenters. The lowest BCUT2D eigenvalue weighted by molar-refractivity contribution is 0.162. The van der Waals surface area contributed by atoms with Crippen molar-refractivity contribution in [2.45, 2.75) is 24.6 Å². The van der Waals surface area contributed by atoms with Crippen molar-refractivity contribution < 1.29 is 9.47 Å². The van der Waals surface area contributed by atoms with E-state index in [4.69, 9.17) is 9.47 Å². The highest BCUT2D eigenvalue weighted by molar-refractivity contribution is 7.81. The Balaban J connectivity index is 1.79. The van der Waals surface area contributed by atoms with Crippen molar-refractivity contribution in [2.24, 2.45) is 0 Å². The van der Waals surface area contributed by atoms with Crippen LogP contribution in [0.15, 0.2) is 12.1 Å². The first-order chi connectivity index (χ1) is 8.74. The zero-order chi connectivity index (χ0) is 12.5. The van der Waals surface area contributed by atoms with Gasteiger partial charge in [-0.2, -0.15) is 12.6 Å². The molecular weight excluding hydrogens is 248 g/mol.